The number of phenols is 1. The Morgan fingerprint density at radius 1 is 1.09 bits per heavy atom. The van der Waals surface area contributed by atoms with Crippen LogP contribution in [0.15, 0.2) is 29.3 Å². The molecule has 2 rings (SSSR count). The van der Waals surface area contributed by atoms with E-state index in [-0.39, 0.29) is 37.1 Å². The van der Waals surface area contributed by atoms with Gasteiger partial charge in [-0.2, -0.15) is 0 Å². The van der Waals surface area contributed by atoms with Crippen LogP contribution in [0.5, 0.6) is 5.75 Å². The van der Waals surface area contributed by atoms with Gasteiger partial charge in [0.15, 0.2) is 5.96 Å². The second-order valence-corrected chi connectivity index (χ2v) is 11.0. The van der Waals surface area contributed by atoms with Crippen molar-refractivity contribution in [1.29, 1.82) is 0 Å². The van der Waals surface area contributed by atoms with Crippen molar-refractivity contribution in [2.24, 2.45) is 33.8 Å². The number of aliphatic carboxylic acids is 1. The zero-order valence-corrected chi connectivity index (χ0v) is 26.2. The second-order valence-electron chi connectivity index (χ2n) is 11.0. The summed E-state index contributed by atoms with van der Waals surface area (Å²) in [5.41, 5.74) is 22.3. The van der Waals surface area contributed by atoms with Crippen LogP contribution in [0, 0.1) is 5.92 Å². The second kappa shape index (κ2) is 20.3. The van der Waals surface area contributed by atoms with Gasteiger partial charge in [-0.25, -0.2) is 4.79 Å². The van der Waals surface area contributed by atoms with Gasteiger partial charge in [-0.15, -0.1) is 0 Å². The molecule has 0 radical (unpaired) electrons. The Kier molecular flexibility index (Phi) is 17.3. The molecule has 1 aromatic carbocycles. The lowest BCUT2D eigenvalue weighted by Gasteiger charge is -2.26. The van der Waals surface area contributed by atoms with Crippen LogP contribution in [0.3, 0.4) is 0 Å². The molecule has 0 saturated carbocycles. The number of nitrogens with zero attached hydrogens (tertiary/aromatic N) is 2. The molecule has 4 amide bonds. The van der Waals surface area contributed by atoms with Gasteiger partial charge in [0.1, 0.15) is 30.2 Å². The Balaban J connectivity index is 0.000000733. The lowest BCUT2D eigenvalue weighted by molar-refractivity contribution is -0.148. The molecule has 256 valence electrons. The highest BCUT2D eigenvalue weighted by Crippen LogP contribution is 2.17. The quantitative estimate of drug-likeness (QED) is 0.0382. The fourth-order valence-corrected chi connectivity index (χ4v) is 4.46. The molecule has 17 nitrogen and oxygen atoms in total. The molecule has 17 heteroatoms. The van der Waals surface area contributed by atoms with E-state index in [4.69, 9.17) is 28.0 Å². The van der Waals surface area contributed by atoms with Crippen LogP contribution in [0.25, 0.3) is 0 Å². The number of hydrogen-bond donors (Lipinski definition) is 9. The number of carboxylic acid groups (broad SMARTS) is 1. The topological polar surface area (TPSA) is 299 Å². The van der Waals surface area contributed by atoms with Gasteiger partial charge in [0.05, 0.1) is 19.1 Å². The fourth-order valence-electron chi connectivity index (χ4n) is 4.46. The van der Waals surface area contributed by atoms with Crippen LogP contribution < -0.4 is 38.9 Å². The van der Waals surface area contributed by atoms with Gasteiger partial charge in [0.25, 0.3) is 0 Å². The van der Waals surface area contributed by atoms with Gasteiger partial charge >= 0.3 is 5.97 Å². The van der Waals surface area contributed by atoms with Crippen LogP contribution in [-0.2, 0) is 35.2 Å². The number of carbonyl (C=O) groups excluding carboxylic acids is 5. The van der Waals surface area contributed by atoms with E-state index < -0.39 is 60.3 Å². The number of rotatable bonds is 16. The number of aromatic hydroxyl groups is 1. The molecule has 1 aliphatic rings. The first-order valence-electron chi connectivity index (χ1n) is 14.8. The Morgan fingerprint density at radius 3 is 2.28 bits per heavy atom. The van der Waals surface area contributed by atoms with Gasteiger partial charge in [-0.05, 0) is 55.7 Å². The normalized spacial score (nSPS) is 15.8. The predicted octanol–water partition coefficient (Wildman–Crippen LogP) is -2.72. The molecule has 0 aliphatic carbocycles. The van der Waals surface area contributed by atoms with Gasteiger partial charge in [0, 0.05) is 13.1 Å². The first-order valence-corrected chi connectivity index (χ1v) is 14.8. The number of nitrogens with one attached hydrogen (secondary N) is 3. The molecule has 46 heavy (non-hydrogen) atoms. The van der Waals surface area contributed by atoms with Gasteiger partial charge in [-0.3, -0.25) is 24.2 Å². The lowest BCUT2D eigenvalue weighted by Crippen LogP contribution is -2.56. The summed E-state index contributed by atoms with van der Waals surface area (Å²) < 4.78 is 0. The Hall–Kier alpha value is -4.77. The number of aliphatic imine (C=N–C) groups is 1. The largest absolute Gasteiger partial charge is 0.508 e. The van der Waals surface area contributed by atoms with Crippen molar-refractivity contribution in [1.82, 2.24) is 20.9 Å². The third-order valence-corrected chi connectivity index (χ3v) is 6.88. The number of hydrogen-bond acceptors (Lipinski definition) is 10. The minimum absolute atomic E-state index is 0.112. The van der Waals surface area contributed by atoms with Crippen molar-refractivity contribution >= 4 is 41.8 Å². The number of aldehydes is 1. The maximum atomic E-state index is 12.8. The molecule has 0 unspecified atom stereocenters. The van der Waals surface area contributed by atoms with E-state index >= 15 is 0 Å². The average Bonchev–Trinajstić information content (AvgIpc) is 3.51. The van der Waals surface area contributed by atoms with E-state index in [1.807, 2.05) is 0 Å². The summed E-state index contributed by atoms with van der Waals surface area (Å²) in [6.45, 7) is 3.24. The van der Waals surface area contributed by atoms with Gasteiger partial charge in [0.2, 0.25) is 23.6 Å². The molecule has 0 bridgehead atoms. The summed E-state index contributed by atoms with van der Waals surface area (Å²) >= 11 is 0. The first-order chi connectivity index (χ1) is 21.7. The summed E-state index contributed by atoms with van der Waals surface area (Å²) in [6.07, 6.45) is 2.64. The Labute approximate surface area is 267 Å². The fraction of sp³-hybridized carbons (Fsp3) is 0.552. The summed E-state index contributed by atoms with van der Waals surface area (Å²) in [6, 6.07) is 3.31. The molecule has 1 aliphatic heterocycles. The zero-order chi connectivity index (χ0) is 34.8. The van der Waals surface area contributed by atoms with E-state index in [0.717, 1.165) is 5.56 Å². The highest BCUT2D eigenvalue weighted by atomic mass is 16.4. The predicted molar refractivity (Wildman–Crippen MR) is 169 cm³/mol. The summed E-state index contributed by atoms with van der Waals surface area (Å²) in [5.74, 6) is -3.55. The molecular weight excluding hydrogens is 602 g/mol. The highest BCUT2D eigenvalue weighted by Gasteiger charge is 2.34. The van der Waals surface area contributed by atoms with E-state index in [2.05, 4.69) is 20.9 Å². The Morgan fingerprint density at radius 2 is 1.74 bits per heavy atom. The van der Waals surface area contributed by atoms with Gasteiger partial charge < -0.3 is 58.8 Å². The monoisotopic (exact) mass is 649 g/mol. The molecule has 1 saturated heterocycles. The molecule has 1 heterocycles. The summed E-state index contributed by atoms with van der Waals surface area (Å²) in [5, 5.41) is 25.8. The van der Waals surface area contributed by atoms with E-state index in [1.54, 1.807) is 38.1 Å². The molecular formula is C29H47N9O8. The number of guanidine groups is 1. The van der Waals surface area contributed by atoms with Crippen LogP contribution in [0.1, 0.15) is 45.1 Å². The van der Waals surface area contributed by atoms with Crippen molar-refractivity contribution < 1.29 is 39.0 Å². The summed E-state index contributed by atoms with van der Waals surface area (Å²) in [4.78, 5) is 76.3. The number of nitrogens with two attached hydrogens (primary N) is 4. The van der Waals surface area contributed by atoms with Crippen molar-refractivity contribution in [3.63, 3.8) is 0 Å². The van der Waals surface area contributed by atoms with Crippen LogP contribution in [-0.4, -0.2) is 107 Å². The SMILES string of the molecule is CC(C)[C@H](NC(=O)CN)C(=O)N[C@@H](CCCN=C(N)N)C(=O)NCC(=O)N1CCC[C@H]1C(=O)O.N[C@H](C=O)Cc1ccc(O)cc1. The molecule has 13 N–H and O–H groups in total. The van der Waals surface area contributed by atoms with Crippen molar-refractivity contribution in [3.8, 4) is 5.75 Å². The zero-order valence-electron chi connectivity index (χ0n) is 26.2. The molecule has 4 atom stereocenters. The van der Waals surface area contributed by atoms with E-state index in [1.165, 1.54) is 4.90 Å². The lowest BCUT2D eigenvalue weighted by atomic mass is 10.0. The molecule has 0 aromatic heterocycles. The highest BCUT2D eigenvalue weighted by molar-refractivity contribution is 5.94. The molecule has 0 spiro atoms. The first kappa shape index (κ1) is 39.3. The van der Waals surface area contributed by atoms with E-state index in [0.29, 0.717) is 38.5 Å². The number of amides is 4. The standard InChI is InChI=1S/C20H36N8O6.C9H11NO2/c1-11(2)16(27-14(29)9-21)18(32)26-12(5-3-7-24-20(22)23)17(31)25-10-15(30)28-8-4-6-13(28)19(33)34;10-8(6-11)5-7-1-3-9(12)4-2-7/h11-13,16H,3-10,21H2,1-2H3,(H,25,31)(H,26,32)(H,27,29)(H,33,34)(H4,22,23,24);1-4,6,8,12H,5,10H2/t12-,13-,16-;8-/m00/s1. The summed E-state index contributed by atoms with van der Waals surface area (Å²) in [7, 11) is 0. The van der Waals surface area contributed by atoms with Crippen molar-refractivity contribution in [2.45, 2.75) is 70.1 Å². The Bertz CT molecular complexity index is 1210. The minimum atomic E-state index is -1.10. The molecule has 1 aromatic rings. The molecule has 1 fully saturated rings. The number of carbonyl (C=O) groups is 6. The number of phenolic OH excluding ortho intramolecular Hbond substituents is 1. The number of benzene rings is 1. The third kappa shape index (κ3) is 14.3. The minimum Gasteiger partial charge on any atom is -0.508 e. The third-order valence-electron chi connectivity index (χ3n) is 6.88. The number of likely N-dealkylation sites (tertiary alicyclic amines) is 1. The van der Waals surface area contributed by atoms with E-state index in [9.17, 15) is 33.9 Å². The van der Waals surface area contributed by atoms with Crippen LogP contribution >= 0.6 is 0 Å². The van der Waals surface area contributed by atoms with Crippen molar-refractivity contribution in [2.75, 3.05) is 26.2 Å². The maximum absolute atomic E-state index is 12.8. The van der Waals surface area contributed by atoms with Crippen LogP contribution in [0.4, 0.5) is 0 Å². The smallest absolute Gasteiger partial charge is 0.326 e. The van der Waals surface area contributed by atoms with Crippen LogP contribution in [0.2, 0.25) is 0 Å². The van der Waals surface area contributed by atoms with Gasteiger partial charge in [-0.1, -0.05) is 26.0 Å². The number of carboxylic acids is 1. The maximum Gasteiger partial charge on any atom is 0.326 e. The van der Waals surface area contributed by atoms with Crippen molar-refractivity contribution in [3.05, 3.63) is 29.8 Å². The average molecular weight is 650 g/mol.